The van der Waals surface area contributed by atoms with E-state index in [0.29, 0.717) is 19.3 Å². The number of likely N-dealkylation sites (tertiary alicyclic amines) is 1. The van der Waals surface area contributed by atoms with Gasteiger partial charge in [-0.15, -0.1) is 0 Å². The predicted octanol–water partition coefficient (Wildman–Crippen LogP) is -4.63. The minimum Gasteiger partial charge on any atom is -0.481 e. The van der Waals surface area contributed by atoms with Crippen LogP contribution in [0.25, 0.3) is 0 Å². The van der Waals surface area contributed by atoms with Crippen molar-refractivity contribution in [3.8, 4) is 0 Å². The van der Waals surface area contributed by atoms with Crippen LogP contribution in [0.2, 0.25) is 0 Å². The van der Waals surface area contributed by atoms with E-state index in [0.717, 1.165) is 0 Å². The van der Waals surface area contributed by atoms with E-state index in [9.17, 15) is 67.1 Å². The minimum atomic E-state index is -1.52. The van der Waals surface area contributed by atoms with Crippen LogP contribution in [0.5, 0.6) is 0 Å². The van der Waals surface area contributed by atoms with Gasteiger partial charge in [-0.1, -0.05) is 41.5 Å². The largest absolute Gasteiger partial charge is 0.481 e. The number of hydrogen-bond acceptors (Lipinski definition) is 18. The highest BCUT2D eigenvalue weighted by molar-refractivity contribution is 7.80. The lowest BCUT2D eigenvalue weighted by molar-refractivity contribution is -0.143. The fourth-order valence-electron chi connectivity index (χ4n) is 8.32. The van der Waals surface area contributed by atoms with E-state index in [4.69, 9.17) is 22.3 Å². The number of hydrogen-bond donors (Lipinski definition) is 17. The zero-order chi connectivity index (χ0) is 62.6. The van der Waals surface area contributed by atoms with E-state index in [1.165, 1.54) is 11.8 Å². The second kappa shape index (κ2) is 37.6. The van der Waals surface area contributed by atoms with Crippen LogP contribution in [0.4, 0.5) is 0 Å². The monoisotopic (exact) mass is 1220 g/mol. The Balaban J connectivity index is 3.21. The van der Waals surface area contributed by atoms with Crippen LogP contribution in [0.15, 0.2) is 0 Å². The topological polar surface area (TPSA) is 461 Å². The van der Waals surface area contributed by atoms with Gasteiger partial charge in [-0.25, -0.2) is 0 Å². The first kappa shape index (κ1) is 73.6. The third-order valence-corrected chi connectivity index (χ3v) is 13.9. The summed E-state index contributed by atoms with van der Waals surface area (Å²) < 4.78 is 0. The Morgan fingerprint density at radius 3 is 1.52 bits per heavy atom. The van der Waals surface area contributed by atoms with Crippen LogP contribution in [0.1, 0.15) is 113 Å². The number of nitrogens with two attached hydrogens (primary N) is 3. The SMILES string of the molecule is CC(=O)N[C@@H](CS)C(=O)N[C@H](C(=O)N1CCC[C@H]1C(=O)N[C@H](C(=O)N[C@@H](CS)C(=O)N[C@@H](CCCCN)C(=O)NCC(=O)N[C@@H](CCC(N)=O)C(=O)N[C@@H](CC(C)C)C(=O)N[C@@H](CS)C(=O)N[C@@H](CCC(=O)O)C(N)=O)C(C)C)C(C)C. The highest BCUT2D eigenvalue weighted by Gasteiger charge is 2.41. The van der Waals surface area contributed by atoms with Crippen molar-refractivity contribution < 1.29 is 72.2 Å². The number of nitrogens with zero attached hydrogens (tertiary/aromatic N) is 1. The molecule has 0 saturated carbocycles. The second-order valence-electron chi connectivity index (χ2n) is 20.8. The van der Waals surface area contributed by atoms with Crippen LogP contribution in [0.3, 0.4) is 0 Å². The predicted molar refractivity (Wildman–Crippen MR) is 309 cm³/mol. The molecule has 1 rings (SSSR count). The minimum absolute atomic E-state index is 0.00642. The molecule has 1 heterocycles. The Labute approximate surface area is 493 Å². The van der Waals surface area contributed by atoms with Gasteiger partial charge in [0.15, 0.2) is 0 Å². The number of rotatable bonds is 38. The number of primary amides is 2. The summed E-state index contributed by atoms with van der Waals surface area (Å²) in [5, 5.41) is 34.0. The molecular weight excluding hydrogens is 1130 g/mol. The van der Waals surface area contributed by atoms with Gasteiger partial charge in [0.1, 0.15) is 60.4 Å². The summed E-state index contributed by atoms with van der Waals surface area (Å²) in [6.07, 6.45) is -0.203. The molecule has 0 radical (unpaired) electrons. The lowest BCUT2D eigenvalue weighted by atomic mass is 10.0. The highest BCUT2D eigenvalue weighted by Crippen LogP contribution is 2.22. The standard InChI is InChI=1S/C50H86N14O15S3/c1-24(2)19-31(44(73)60-33(22-81)45(74)57-28(41(53)70)14-16-38(68)69)59-43(72)30(13-15-36(52)66)56-37(67)20-54-42(71)29(11-8-9-17-51)58-46(75)34(23-82)61-49(78)39(25(3)4)62-48(77)35-12-10-18-64(35)50(79)40(26(5)6)63-47(76)32(21-80)55-27(7)65/h24-26,28-35,39-40,80-82H,8-23,51H2,1-7H3,(H2,52,66)(H2,53,70)(H,54,71)(H,55,65)(H,56,67)(H,57,74)(H,58,75)(H,59,72)(H,60,73)(H,61,78)(H,62,77)(H,63,76)(H,68,69)/t28-,29-,30-,31-,32-,33-,34-,35-,39-,40-/m0/s1. The molecule has 464 valence electrons. The van der Waals surface area contributed by atoms with Gasteiger partial charge in [0, 0.05) is 43.6 Å². The van der Waals surface area contributed by atoms with Gasteiger partial charge in [0.25, 0.3) is 0 Å². The summed E-state index contributed by atoms with van der Waals surface area (Å²) in [6, 6.07) is -12.7. The van der Waals surface area contributed by atoms with Crippen molar-refractivity contribution in [2.45, 2.75) is 173 Å². The van der Waals surface area contributed by atoms with E-state index < -0.39 is 174 Å². The first-order chi connectivity index (χ1) is 38.4. The van der Waals surface area contributed by atoms with E-state index >= 15 is 0 Å². The number of nitrogens with one attached hydrogen (secondary N) is 10. The Kier molecular flexibility index (Phi) is 33.8. The maximum absolute atomic E-state index is 13.9. The van der Waals surface area contributed by atoms with Crippen molar-refractivity contribution in [3.05, 3.63) is 0 Å². The molecule has 82 heavy (non-hydrogen) atoms. The molecule has 10 atom stereocenters. The van der Waals surface area contributed by atoms with Gasteiger partial charge in [-0.05, 0) is 75.7 Å². The number of aliphatic carboxylic acids is 1. The number of carbonyl (C=O) groups is 14. The molecule has 1 fully saturated rings. The molecular formula is C50H86N14O15S3. The summed E-state index contributed by atoms with van der Waals surface area (Å²) >= 11 is 12.5. The molecule has 1 aliphatic rings. The number of carboxylic acid groups (broad SMARTS) is 1. The zero-order valence-electron chi connectivity index (χ0n) is 47.5. The summed E-state index contributed by atoms with van der Waals surface area (Å²) in [5.41, 5.74) is 16.4. The lowest BCUT2D eigenvalue weighted by Gasteiger charge is -2.32. The first-order valence-electron chi connectivity index (χ1n) is 27.0. The number of thiol groups is 3. The molecule has 0 aromatic carbocycles. The summed E-state index contributed by atoms with van der Waals surface area (Å²) in [7, 11) is 0. The number of carboxylic acids is 1. The van der Waals surface area contributed by atoms with Gasteiger partial charge in [0.05, 0.1) is 6.54 Å². The first-order valence-corrected chi connectivity index (χ1v) is 28.9. The Morgan fingerprint density at radius 1 is 0.549 bits per heavy atom. The van der Waals surface area contributed by atoms with Gasteiger partial charge in [-0.2, -0.15) is 37.9 Å². The van der Waals surface area contributed by atoms with Crippen LogP contribution < -0.4 is 70.4 Å². The van der Waals surface area contributed by atoms with Gasteiger partial charge < -0.3 is 80.4 Å². The van der Waals surface area contributed by atoms with Crippen molar-refractivity contribution >= 4 is 121 Å². The molecule has 0 bridgehead atoms. The Bertz CT molecular complexity index is 2260. The van der Waals surface area contributed by atoms with Gasteiger partial charge in [-0.3, -0.25) is 67.1 Å². The maximum atomic E-state index is 13.9. The maximum Gasteiger partial charge on any atom is 0.303 e. The fourth-order valence-corrected chi connectivity index (χ4v) is 9.09. The molecule has 1 saturated heterocycles. The van der Waals surface area contributed by atoms with Crippen LogP contribution in [0, 0.1) is 17.8 Å². The van der Waals surface area contributed by atoms with Crippen LogP contribution >= 0.6 is 37.9 Å². The quantitative estimate of drug-likeness (QED) is 0.0204. The lowest BCUT2D eigenvalue weighted by Crippen LogP contribution is -2.61. The summed E-state index contributed by atoms with van der Waals surface area (Å²) in [4.78, 5) is 184. The molecule has 0 unspecified atom stereocenters. The average Bonchev–Trinajstić information content (AvgIpc) is 4.07. The number of carbonyl (C=O) groups excluding carboxylic acids is 13. The molecule has 29 nitrogen and oxygen atoms in total. The molecule has 0 spiro atoms. The molecule has 13 amide bonds. The highest BCUT2D eigenvalue weighted by atomic mass is 32.1. The Morgan fingerprint density at radius 2 is 1.02 bits per heavy atom. The normalized spacial score (nSPS) is 16.3. The molecule has 0 aromatic heterocycles. The smallest absolute Gasteiger partial charge is 0.303 e. The zero-order valence-corrected chi connectivity index (χ0v) is 50.2. The second-order valence-corrected chi connectivity index (χ2v) is 21.9. The van der Waals surface area contributed by atoms with E-state index in [-0.39, 0.29) is 68.4 Å². The third-order valence-electron chi connectivity index (χ3n) is 12.8. The van der Waals surface area contributed by atoms with Crippen LogP contribution in [-0.2, 0) is 67.1 Å². The van der Waals surface area contributed by atoms with Crippen molar-refractivity contribution in [3.63, 3.8) is 0 Å². The van der Waals surface area contributed by atoms with E-state index in [1.54, 1.807) is 41.5 Å². The van der Waals surface area contributed by atoms with Gasteiger partial charge >= 0.3 is 5.97 Å². The van der Waals surface area contributed by atoms with Crippen molar-refractivity contribution in [1.82, 2.24) is 58.1 Å². The van der Waals surface area contributed by atoms with Crippen molar-refractivity contribution in [2.24, 2.45) is 35.0 Å². The molecule has 1 aliphatic heterocycles. The molecule has 17 N–H and O–H groups in total. The van der Waals surface area contributed by atoms with E-state index in [1.807, 2.05) is 0 Å². The molecule has 0 aromatic rings. The van der Waals surface area contributed by atoms with E-state index in [2.05, 4.69) is 91.1 Å². The average molecular weight is 1220 g/mol. The number of amides is 13. The van der Waals surface area contributed by atoms with Crippen LogP contribution in [-0.4, -0.2) is 190 Å². The summed E-state index contributed by atoms with van der Waals surface area (Å²) in [6.45, 7) is 11.0. The van der Waals surface area contributed by atoms with Crippen molar-refractivity contribution in [1.29, 1.82) is 0 Å². The molecule has 32 heteroatoms. The third kappa shape index (κ3) is 26.2. The van der Waals surface area contributed by atoms with Crippen molar-refractivity contribution in [2.75, 3.05) is 36.9 Å². The fraction of sp³-hybridized carbons (Fsp3) is 0.720. The van der Waals surface area contributed by atoms with Gasteiger partial charge in [0.2, 0.25) is 76.8 Å². The summed E-state index contributed by atoms with van der Waals surface area (Å²) in [5.74, 6) is -13.5. The Hall–Kier alpha value is -6.41. The molecule has 0 aliphatic carbocycles. The number of unbranched alkanes of at least 4 members (excludes halogenated alkanes) is 1.